The zero-order chi connectivity index (χ0) is 23.4. The molecule has 6 rings (SSSR count). The van der Waals surface area contributed by atoms with Crippen molar-refractivity contribution in [1.82, 2.24) is 9.80 Å². The summed E-state index contributed by atoms with van der Waals surface area (Å²) in [6.07, 6.45) is 1.16. The molecule has 2 bridgehead atoms. The molecule has 3 atom stereocenters. The third kappa shape index (κ3) is 3.26. The lowest BCUT2D eigenvalue weighted by Crippen LogP contribution is -2.54. The van der Waals surface area contributed by atoms with Crippen LogP contribution in [-0.4, -0.2) is 34.3 Å². The van der Waals surface area contributed by atoms with Crippen LogP contribution >= 0.6 is 0 Å². The largest absolute Gasteiger partial charge is 0.333 e. The van der Waals surface area contributed by atoms with Gasteiger partial charge in [0.15, 0.2) is 11.6 Å². The normalized spacial score (nSPS) is 21.2. The van der Waals surface area contributed by atoms with Crippen molar-refractivity contribution in [3.63, 3.8) is 0 Å². The number of carbonyl (C=O) groups excluding carboxylic acids is 2. The van der Waals surface area contributed by atoms with Gasteiger partial charge >= 0.3 is 6.03 Å². The highest BCUT2D eigenvalue weighted by Crippen LogP contribution is 2.50. The number of urea groups is 1. The maximum Gasteiger partial charge on any atom is 0.322 e. The zero-order valence-corrected chi connectivity index (χ0v) is 18.4. The molecule has 0 unspecified atom stereocenters. The summed E-state index contributed by atoms with van der Waals surface area (Å²) in [6.45, 7) is 0.424. The monoisotopic (exact) mass is 459 g/mol. The van der Waals surface area contributed by atoms with Crippen LogP contribution in [0.3, 0.4) is 0 Å². The molecule has 1 fully saturated rings. The van der Waals surface area contributed by atoms with E-state index in [0.29, 0.717) is 6.54 Å². The molecule has 3 amide bonds. The molecule has 2 aliphatic heterocycles. The molecule has 1 N–H and O–H groups in total. The van der Waals surface area contributed by atoms with Gasteiger partial charge in [-0.15, -0.1) is 0 Å². The van der Waals surface area contributed by atoms with Crippen LogP contribution < -0.4 is 5.32 Å². The van der Waals surface area contributed by atoms with Crippen molar-refractivity contribution in [2.75, 3.05) is 11.9 Å². The first-order valence-electron chi connectivity index (χ1n) is 11.5. The molecule has 0 spiro atoms. The molecule has 0 aromatic heterocycles. The summed E-state index contributed by atoms with van der Waals surface area (Å²) in [7, 11) is 0. The van der Waals surface area contributed by atoms with Gasteiger partial charge in [0.2, 0.25) is 5.91 Å². The highest BCUT2D eigenvalue weighted by molar-refractivity contribution is 5.96. The second-order valence-electron chi connectivity index (χ2n) is 9.22. The van der Waals surface area contributed by atoms with E-state index in [1.165, 1.54) is 16.5 Å². The highest BCUT2D eigenvalue weighted by atomic mass is 19.2. The van der Waals surface area contributed by atoms with Gasteiger partial charge in [0.25, 0.3) is 0 Å². The fourth-order valence-corrected chi connectivity index (χ4v) is 5.69. The number of hydrogen-bond donors (Lipinski definition) is 1. The maximum atomic E-state index is 14.6. The number of hydrogen-bond acceptors (Lipinski definition) is 2. The average Bonchev–Trinajstić information content (AvgIpc) is 3.45. The molecule has 1 saturated heterocycles. The minimum atomic E-state index is -0.998. The van der Waals surface area contributed by atoms with Crippen LogP contribution in [0.1, 0.15) is 40.6 Å². The molecule has 0 radical (unpaired) electrons. The SMILES string of the molecule is O=C1Nc2ccc(F)c(F)c2CN1[C@@H](Cc1ccccc1)C(=O)N1C[C@@H]2C[C@H]1c1ccccc12. The lowest BCUT2D eigenvalue weighted by Gasteiger charge is -2.39. The Hall–Kier alpha value is -3.74. The van der Waals surface area contributed by atoms with E-state index in [1.54, 1.807) is 0 Å². The van der Waals surface area contributed by atoms with Gasteiger partial charge in [-0.3, -0.25) is 4.79 Å². The van der Waals surface area contributed by atoms with Crippen LogP contribution in [0.25, 0.3) is 0 Å². The number of nitrogens with zero attached hydrogens (tertiary/aromatic N) is 2. The van der Waals surface area contributed by atoms with Crippen molar-refractivity contribution in [1.29, 1.82) is 0 Å². The van der Waals surface area contributed by atoms with E-state index in [1.807, 2.05) is 47.4 Å². The van der Waals surface area contributed by atoms with E-state index >= 15 is 0 Å². The predicted molar refractivity (Wildman–Crippen MR) is 123 cm³/mol. The number of halogens is 2. The summed E-state index contributed by atoms with van der Waals surface area (Å²) < 4.78 is 28.6. The van der Waals surface area contributed by atoms with E-state index in [4.69, 9.17) is 0 Å². The Bertz CT molecular complexity index is 1300. The smallest absolute Gasteiger partial charge is 0.322 e. The van der Waals surface area contributed by atoms with Gasteiger partial charge in [-0.1, -0.05) is 54.6 Å². The Morgan fingerprint density at radius 1 is 1.00 bits per heavy atom. The summed E-state index contributed by atoms with van der Waals surface area (Å²) in [5, 5.41) is 2.65. The highest BCUT2D eigenvalue weighted by Gasteiger charge is 2.47. The van der Waals surface area contributed by atoms with Crippen LogP contribution in [0.4, 0.5) is 19.3 Å². The average molecular weight is 459 g/mol. The van der Waals surface area contributed by atoms with Crippen molar-refractivity contribution < 1.29 is 18.4 Å². The van der Waals surface area contributed by atoms with Crippen LogP contribution in [0, 0.1) is 11.6 Å². The summed E-state index contributed by atoms with van der Waals surface area (Å²) in [4.78, 5) is 30.3. The quantitative estimate of drug-likeness (QED) is 0.597. The van der Waals surface area contributed by atoms with Crippen LogP contribution in [0.5, 0.6) is 0 Å². The Kier molecular flexibility index (Phi) is 4.86. The molecule has 7 heteroatoms. The number of amides is 3. The molecule has 5 nitrogen and oxygen atoms in total. The second-order valence-corrected chi connectivity index (χ2v) is 9.22. The maximum absolute atomic E-state index is 14.6. The summed E-state index contributed by atoms with van der Waals surface area (Å²) in [5.41, 5.74) is 3.63. The number of fused-ring (bicyclic) bond motifs is 6. The Morgan fingerprint density at radius 2 is 1.74 bits per heavy atom. The van der Waals surface area contributed by atoms with E-state index in [-0.39, 0.29) is 42.1 Å². The molecule has 1 aliphatic carbocycles. The number of carbonyl (C=O) groups is 2. The summed E-state index contributed by atoms with van der Waals surface area (Å²) >= 11 is 0. The Morgan fingerprint density at radius 3 is 2.53 bits per heavy atom. The van der Waals surface area contributed by atoms with Gasteiger partial charge in [0.05, 0.1) is 18.3 Å². The fraction of sp³-hybridized carbons (Fsp3) is 0.259. The molecule has 172 valence electrons. The van der Waals surface area contributed by atoms with E-state index < -0.39 is 23.7 Å². The van der Waals surface area contributed by atoms with E-state index in [0.717, 1.165) is 23.6 Å². The number of likely N-dealkylation sites (tertiary alicyclic amines) is 1. The first-order chi connectivity index (χ1) is 16.5. The molecule has 2 heterocycles. The standard InChI is InChI=1S/C27H23F2N3O2/c28-21-10-11-22-20(25(21)29)15-32(27(34)30-22)24(12-16-6-2-1-3-7-16)26(33)31-14-17-13-23(31)19-9-5-4-8-18(17)19/h1-11,17,23-24H,12-15H2,(H,30,34)/t17-,23-,24-/m0/s1. The minimum absolute atomic E-state index is 0.0266. The van der Waals surface area contributed by atoms with E-state index in [2.05, 4.69) is 17.4 Å². The van der Waals surface area contributed by atoms with Gasteiger partial charge < -0.3 is 15.1 Å². The second kappa shape index (κ2) is 7.94. The predicted octanol–water partition coefficient (Wildman–Crippen LogP) is 4.99. The number of benzene rings is 3. The van der Waals surface area contributed by atoms with Gasteiger partial charge in [0, 0.05) is 24.4 Å². The lowest BCUT2D eigenvalue weighted by atomic mass is 9.97. The van der Waals surface area contributed by atoms with Crippen LogP contribution in [-0.2, 0) is 17.8 Å². The summed E-state index contributed by atoms with van der Waals surface area (Å²) in [6, 6.07) is 18.6. The molecule has 34 heavy (non-hydrogen) atoms. The zero-order valence-electron chi connectivity index (χ0n) is 18.4. The third-order valence-electron chi connectivity index (χ3n) is 7.34. The topological polar surface area (TPSA) is 52.7 Å². The summed E-state index contributed by atoms with van der Waals surface area (Å²) in [5.74, 6) is -1.86. The number of rotatable bonds is 4. The van der Waals surface area contributed by atoms with Crippen molar-refractivity contribution in [3.05, 3.63) is 101 Å². The van der Waals surface area contributed by atoms with Crippen molar-refractivity contribution in [3.8, 4) is 0 Å². The first-order valence-corrected chi connectivity index (χ1v) is 11.5. The minimum Gasteiger partial charge on any atom is -0.333 e. The Balaban J connectivity index is 1.36. The van der Waals surface area contributed by atoms with Gasteiger partial charge in [-0.2, -0.15) is 0 Å². The first kappa shape index (κ1) is 20.8. The van der Waals surface area contributed by atoms with Gasteiger partial charge in [-0.25, -0.2) is 13.6 Å². The molecular weight excluding hydrogens is 436 g/mol. The molecule has 3 aromatic carbocycles. The van der Waals surface area contributed by atoms with E-state index in [9.17, 15) is 18.4 Å². The lowest BCUT2D eigenvalue weighted by molar-refractivity contribution is -0.137. The van der Waals surface area contributed by atoms with Crippen molar-refractivity contribution in [2.24, 2.45) is 0 Å². The van der Waals surface area contributed by atoms with Crippen LogP contribution in [0.2, 0.25) is 0 Å². The van der Waals surface area contributed by atoms with Crippen molar-refractivity contribution >= 4 is 17.6 Å². The fourth-order valence-electron chi connectivity index (χ4n) is 5.69. The molecule has 3 aliphatic rings. The van der Waals surface area contributed by atoms with Gasteiger partial charge in [0.1, 0.15) is 6.04 Å². The van der Waals surface area contributed by atoms with Crippen molar-refractivity contribution in [2.45, 2.75) is 37.4 Å². The number of nitrogens with one attached hydrogen (secondary N) is 1. The van der Waals surface area contributed by atoms with Gasteiger partial charge in [-0.05, 0) is 35.2 Å². The molecule has 3 aromatic rings. The molecular formula is C27H23F2N3O2. The molecule has 0 saturated carbocycles. The Labute approximate surface area is 196 Å². The third-order valence-corrected chi connectivity index (χ3v) is 7.34. The number of anilines is 1. The van der Waals surface area contributed by atoms with Crippen LogP contribution in [0.15, 0.2) is 66.7 Å².